The lowest BCUT2D eigenvalue weighted by Crippen LogP contribution is -2.44. The fourth-order valence-corrected chi connectivity index (χ4v) is 3.13. The lowest BCUT2D eigenvalue weighted by atomic mass is 9.97. The van der Waals surface area contributed by atoms with E-state index in [2.05, 4.69) is 38.5 Å². The fraction of sp³-hybridized carbons (Fsp3) is 0.385. The number of primary amides is 1. The number of benzene rings is 1. The Bertz CT molecular complexity index is 521. The van der Waals surface area contributed by atoms with Crippen molar-refractivity contribution in [1.82, 2.24) is 4.90 Å². The Kier molecular flexibility index (Phi) is 4.83. The molecule has 1 saturated heterocycles. The third-order valence-corrected chi connectivity index (χ3v) is 4.63. The van der Waals surface area contributed by atoms with E-state index in [0.717, 1.165) is 20.9 Å². The van der Waals surface area contributed by atoms with E-state index in [1.54, 1.807) is 4.90 Å². The summed E-state index contributed by atoms with van der Waals surface area (Å²) in [6.07, 6.45) is 1.59. The average Bonchev–Trinajstić information content (AvgIpc) is 2.41. The van der Waals surface area contributed by atoms with Gasteiger partial charge in [-0.25, -0.2) is 0 Å². The van der Waals surface area contributed by atoms with Crippen molar-refractivity contribution in [1.29, 1.82) is 0 Å². The smallest absolute Gasteiger partial charge is 0.255 e. The highest BCUT2D eigenvalue weighted by molar-refractivity contribution is 14.1. The quantitative estimate of drug-likeness (QED) is 0.723. The predicted octanol–water partition coefficient (Wildman–Crippen LogP) is 2.39. The zero-order chi connectivity index (χ0) is 14.0. The zero-order valence-electron chi connectivity index (χ0n) is 10.2. The van der Waals surface area contributed by atoms with E-state index in [9.17, 15) is 9.59 Å². The van der Waals surface area contributed by atoms with Gasteiger partial charge in [0.25, 0.3) is 5.91 Å². The van der Waals surface area contributed by atoms with Crippen LogP contribution >= 0.6 is 38.5 Å². The Hall–Kier alpha value is -0.630. The third kappa shape index (κ3) is 3.47. The Morgan fingerprint density at radius 3 is 2.84 bits per heavy atom. The molecule has 0 aliphatic carbocycles. The summed E-state index contributed by atoms with van der Waals surface area (Å²) in [4.78, 5) is 25.5. The van der Waals surface area contributed by atoms with Crippen LogP contribution in [0.3, 0.4) is 0 Å². The molecule has 1 aliphatic heterocycles. The summed E-state index contributed by atoms with van der Waals surface area (Å²) in [6.45, 7) is 1.10. The monoisotopic (exact) mass is 436 g/mol. The van der Waals surface area contributed by atoms with Crippen molar-refractivity contribution in [2.24, 2.45) is 11.7 Å². The molecule has 1 aromatic carbocycles. The molecule has 1 unspecified atom stereocenters. The number of nitrogens with zero attached hydrogens (tertiary/aromatic N) is 1. The zero-order valence-corrected chi connectivity index (χ0v) is 14.0. The molecule has 0 aromatic heterocycles. The molecule has 2 rings (SSSR count). The van der Waals surface area contributed by atoms with Crippen molar-refractivity contribution in [2.75, 3.05) is 13.1 Å². The van der Waals surface area contributed by atoms with Gasteiger partial charge in [0.2, 0.25) is 5.91 Å². The summed E-state index contributed by atoms with van der Waals surface area (Å²) in [5.74, 6) is -0.588. The van der Waals surface area contributed by atoms with E-state index in [4.69, 9.17) is 5.73 Å². The highest BCUT2D eigenvalue weighted by Gasteiger charge is 2.28. The molecule has 0 radical (unpaired) electrons. The van der Waals surface area contributed by atoms with E-state index in [1.165, 1.54) is 0 Å². The van der Waals surface area contributed by atoms with Crippen LogP contribution < -0.4 is 5.73 Å². The Balaban J connectivity index is 2.19. The second-order valence-corrected chi connectivity index (χ2v) is 6.72. The molecule has 19 heavy (non-hydrogen) atoms. The van der Waals surface area contributed by atoms with Crippen molar-refractivity contribution >= 4 is 50.3 Å². The number of nitrogens with two attached hydrogens (primary N) is 1. The molecule has 0 bridgehead atoms. The van der Waals surface area contributed by atoms with E-state index in [-0.39, 0.29) is 17.7 Å². The average molecular weight is 437 g/mol. The van der Waals surface area contributed by atoms with E-state index in [1.807, 2.05) is 18.2 Å². The first kappa shape index (κ1) is 14.8. The molecule has 1 aliphatic rings. The second kappa shape index (κ2) is 6.21. The highest BCUT2D eigenvalue weighted by Crippen LogP contribution is 2.24. The molecule has 2 N–H and O–H groups in total. The predicted molar refractivity (Wildman–Crippen MR) is 84.7 cm³/mol. The lowest BCUT2D eigenvalue weighted by molar-refractivity contribution is -0.123. The number of likely N-dealkylation sites (tertiary alicyclic amines) is 1. The molecule has 1 heterocycles. The third-order valence-electron chi connectivity index (χ3n) is 3.27. The van der Waals surface area contributed by atoms with Gasteiger partial charge in [-0.3, -0.25) is 9.59 Å². The molecule has 1 atom stereocenters. The first-order valence-electron chi connectivity index (χ1n) is 6.02. The number of carbonyl (C=O) groups is 2. The largest absolute Gasteiger partial charge is 0.369 e. The van der Waals surface area contributed by atoms with Crippen molar-refractivity contribution in [3.63, 3.8) is 0 Å². The normalized spacial score (nSPS) is 19.3. The molecule has 102 valence electrons. The second-order valence-electron chi connectivity index (χ2n) is 4.62. The maximum atomic E-state index is 12.5. The van der Waals surface area contributed by atoms with Crippen molar-refractivity contribution in [2.45, 2.75) is 12.8 Å². The van der Waals surface area contributed by atoms with Crippen LogP contribution in [0.4, 0.5) is 0 Å². The number of piperidine rings is 1. The van der Waals surface area contributed by atoms with Crippen LogP contribution in [0.5, 0.6) is 0 Å². The van der Waals surface area contributed by atoms with E-state index < -0.39 is 0 Å². The summed E-state index contributed by atoms with van der Waals surface area (Å²) in [7, 11) is 0. The first-order chi connectivity index (χ1) is 8.99. The summed E-state index contributed by atoms with van der Waals surface area (Å²) < 4.78 is 1.78. The van der Waals surface area contributed by atoms with Crippen LogP contribution in [0, 0.1) is 9.49 Å². The highest BCUT2D eigenvalue weighted by atomic mass is 127. The van der Waals surface area contributed by atoms with Crippen molar-refractivity contribution in [3.8, 4) is 0 Å². The van der Waals surface area contributed by atoms with Crippen molar-refractivity contribution < 1.29 is 9.59 Å². The summed E-state index contributed by atoms with van der Waals surface area (Å²) in [5.41, 5.74) is 5.97. The van der Waals surface area contributed by atoms with Crippen molar-refractivity contribution in [3.05, 3.63) is 31.8 Å². The van der Waals surface area contributed by atoms with E-state index >= 15 is 0 Å². The molecule has 6 heteroatoms. The molecule has 1 aromatic rings. The Morgan fingerprint density at radius 1 is 1.42 bits per heavy atom. The van der Waals surface area contributed by atoms with Gasteiger partial charge in [-0.15, -0.1) is 0 Å². The first-order valence-corrected chi connectivity index (χ1v) is 7.90. The number of halogens is 2. The molecule has 1 fully saturated rings. The van der Waals surface area contributed by atoms with Gasteiger partial charge >= 0.3 is 0 Å². The number of hydrogen-bond acceptors (Lipinski definition) is 2. The van der Waals surface area contributed by atoms with Gasteiger partial charge in [0.15, 0.2) is 0 Å². The van der Waals surface area contributed by atoms with Crippen LogP contribution in [-0.2, 0) is 4.79 Å². The van der Waals surface area contributed by atoms with Gasteiger partial charge < -0.3 is 10.6 Å². The summed E-state index contributed by atoms with van der Waals surface area (Å²) in [5, 5.41) is 0. The number of carbonyl (C=O) groups excluding carboxylic acids is 2. The van der Waals surface area contributed by atoms with Crippen LogP contribution in [0.25, 0.3) is 0 Å². The molecule has 0 spiro atoms. The molecule has 4 nitrogen and oxygen atoms in total. The van der Waals surface area contributed by atoms with Crippen LogP contribution in [0.15, 0.2) is 22.7 Å². The molecular weight excluding hydrogens is 423 g/mol. The van der Waals surface area contributed by atoms with Gasteiger partial charge in [-0.2, -0.15) is 0 Å². The maximum absolute atomic E-state index is 12.5. The number of rotatable bonds is 2. The topological polar surface area (TPSA) is 63.4 Å². The molecule has 0 saturated carbocycles. The minimum atomic E-state index is -0.320. The molecule has 2 amide bonds. The van der Waals surface area contributed by atoms with Crippen LogP contribution in [-0.4, -0.2) is 29.8 Å². The van der Waals surface area contributed by atoms with Gasteiger partial charge in [0, 0.05) is 21.1 Å². The number of hydrogen-bond donors (Lipinski definition) is 1. The minimum Gasteiger partial charge on any atom is -0.369 e. The van der Waals surface area contributed by atoms with Gasteiger partial charge in [-0.05, 0) is 69.6 Å². The summed E-state index contributed by atoms with van der Waals surface area (Å²) in [6, 6.07) is 5.65. The summed E-state index contributed by atoms with van der Waals surface area (Å²) >= 11 is 5.57. The van der Waals surface area contributed by atoms with Gasteiger partial charge in [-0.1, -0.05) is 0 Å². The van der Waals surface area contributed by atoms with Crippen LogP contribution in [0.2, 0.25) is 0 Å². The maximum Gasteiger partial charge on any atom is 0.255 e. The Labute approximate surface area is 134 Å². The molecular formula is C13H14BrIN2O2. The standard InChI is InChI=1S/C13H14BrIN2O2/c14-11-4-3-9(15)6-10(11)13(19)17-5-1-2-8(7-17)12(16)18/h3-4,6,8H,1-2,5,7H2,(H2,16,18). The lowest BCUT2D eigenvalue weighted by Gasteiger charge is -2.31. The SMILES string of the molecule is NC(=O)C1CCCN(C(=O)c2cc(I)ccc2Br)C1. The van der Waals surface area contributed by atoms with E-state index in [0.29, 0.717) is 18.7 Å². The minimum absolute atomic E-state index is 0.0451. The van der Waals surface area contributed by atoms with Gasteiger partial charge in [0.05, 0.1) is 11.5 Å². The van der Waals surface area contributed by atoms with Crippen LogP contribution in [0.1, 0.15) is 23.2 Å². The van der Waals surface area contributed by atoms with Gasteiger partial charge in [0.1, 0.15) is 0 Å². The Morgan fingerprint density at radius 2 is 2.16 bits per heavy atom. The fourth-order valence-electron chi connectivity index (χ4n) is 2.23. The number of amides is 2.